The fraction of sp³-hybridized carbons (Fsp3) is 0.227. The van der Waals surface area contributed by atoms with E-state index >= 15 is 0 Å². The van der Waals surface area contributed by atoms with Crippen LogP contribution in [0.15, 0.2) is 41.1 Å². The molecule has 4 heterocycles. The molecule has 0 atom stereocenters. The third-order valence-electron chi connectivity index (χ3n) is 4.55. The summed E-state index contributed by atoms with van der Waals surface area (Å²) in [5, 5.41) is 16.0. The third kappa shape index (κ3) is 4.39. The molecule has 156 valence electrons. The van der Waals surface area contributed by atoms with Crippen LogP contribution in [0, 0.1) is 25.2 Å². The Morgan fingerprint density at radius 1 is 1.32 bits per heavy atom. The van der Waals surface area contributed by atoms with E-state index < -0.39 is 0 Å². The maximum atomic E-state index is 13.3. The van der Waals surface area contributed by atoms with Crippen LogP contribution in [0.2, 0.25) is 0 Å². The van der Waals surface area contributed by atoms with E-state index in [1.165, 1.54) is 0 Å². The minimum absolute atomic E-state index is 0.303. The molecule has 0 aliphatic carbocycles. The number of carbonyl (C=O) groups excluding carboxylic acids is 1. The van der Waals surface area contributed by atoms with Gasteiger partial charge in [-0.05, 0) is 50.6 Å². The van der Waals surface area contributed by atoms with Gasteiger partial charge in [-0.1, -0.05) is 5.16 Å². The van der Waals surface area contributed by atoms with E-state index in [1.807, 2.05) is 19.1 Å². The normalized spacial score (nSPS) is 10.7. The maximum absolute atomic E-state index is 13.3. The second-order valence-electron chi connectivity index (χ2n) is 6.83. The molecule has 4 aromatic rings. The number of unbranched alkanes of at least 4 members (excludes halogenated alkanes) is 1. The average Bonchev–Trinajstić information content (AvgIpc) is 3.37. The Labute approximate surface area is 182 Å². The first-order valence-electron chi connectivity index (χ1n) is 9.67. The number of amides is 1. The molecule has 0 saturated heterocycles. The highest BCUT2D eigenvalue weighted by molar-refractivity contribution is 7.15. The number of hydrogen-bond donors (Lipinski definition) is 1. The molecule has 0 radical (unpaired) electrons. The summed E-state index contributed by atoms with van der Waals surface area (Å²) in [6, 6.07) is 11.2. The molecule has 0 saturated carbocycles. The summed E-state index contributed by atoms with van der Waals surface area (Å²) in [7, 11) is 0. The van der Waals surface area contributed by atoms with E-state index in [4.69, 9.17) is 14.5 Å². The summed E-state index contributed by atoms with van der Waals surface area (Å²) in [5.41, 5.74) is 1.92. The summed E-state index contributed by atoms with van der Waals surface area (Å²) < 4.78 is 11.1. The number of fused-ring (bicyclic) bond motifs is 1. The van der Waals surface area contributed by atoms with E-state index in [0.717, 1.165) is 9.75 Å². The highest BCUT2D eigenvalue weighted by atomic mass is 32.1. The monoisotopic (exact) mass is 433 g/mol. The highest BCUT2D eigenvalue weighted by Gasteiger charge is 2.21. The predicted octanol–water partition coefficient (Wildman–Crippen LogP) is 4.90. The van der Waals surface area contributed by atoms with Gasteiger partial charge in [-0.2, -0.15) is 5.26 Å². The molecule has 4 aromatic heterocycles. The zero-order valence-electron chi connectivity index (χ0n) is 17.0. The number of carbonyl (C=O) groups is 1. The van der Waals surface area contributed by atoms with Crippen molar-refractivity contribution in [3.8, 4) is 22.4 Å². The van der Waals surface area contributed by atoms with Gasteiger partial charge in [-0.25, -0.2) is 9.97 Å². The number of thiophene rings is 1. The van der Waals surface area contributed by atoms with Crippen molar-refractivity contribution in [2.24, 2.45) is 0 Å². The van der Waals surface area contributed by atoms with E-state index in [-0.39, 0.29) is 5.91 Å². The zero-order valence-corrected chi connectivity index (χ0v) is 17.8. The molecular weight excluding hydrogens is 414 g/mol. The largest absolute Gasteiger partial charge is 0.490 e. The van der Waals surface area contributed by atoms with Gasteiger partial charge in [0.1, 0.15) is 0 Å². The quantitative estimate of drug-likeness (QED) is 0.412. The number of nitriles is 1. The number of rotatable bonds is 7. The summed E-state index contributed by atoms with van der Waals surface area (Å²) in [5.74, 6) is 0.376. The van der Waals surface area contributed by atoms with Crippen LogP contribution < -0.4 is 10.1 Å². The smallest absolute Gasteiger partial charge is 0.259 e. The standard InChI is InChI=1S/C22H19N5O3S/c1-13-7-8-18(31-13)16-12-15(19-14(2)27-30-22(19)25-16)21(28)26-20-17(6-5-10-24-20)29-11-4-3-9-23/h5-8,10,12H,3-4,11H2,1-2H3,(H,24,26,28). The molecule has 0 bridgehead atoms. The molecular formula is C22H19N5O3S. The summed E-state index contributed by atoms with van der Waals surface area (Å²) >= 11 is 1.58. The molecule has 4 rings (SSSR count). The second kappa shape index (κ2) is 8.93. The van der Waals surface area contributed by atoms with Crippen molar-refractivity contribution in [2.75, 3.05) is 11.9 Å². The Hall–Kier alpha value is -3.77. The predicted molar refractivity (Wildman–Crippen MR) is 117 cm³/mol. The van der Waals surface area contributed by atoms with Crippen molar-refractivity contribution in [1.82, 2.24) is 15.1 Å². The van der Waals surface area contributed by atoms with E-state index in [1.54, 1.807) is 42.7 Å². The van der Waals surface area contributed by atoms with Crippen molar-refractivity contribution in [1.29, 1.82) is 5.26 Å². The summed E-state index contributed by atoms with van der Waals surface area (Å²) in [6.07, 6.45) is 2.56. The molecule has 0 spiro atoms. The van der Waals surface area contributed by atoms with Gasteiger partial charge < -0.3 is 14.6 Å². The Balaban J connectivity index is 1.67. The highest BCUT2D eigenvalue weighted by Crippen LogP contribution is 2.32. The van der Waals surface area contributed by atoms with Crippen molar-refractivity contribution in [3.05, 3.63) is 52.7 Å². The number of anilines is 1. The lowest BCUT2D eigenvalue weighted by atomic mass is 10.1. The van der Waals surface area contributed by atoms with Crippen molar-refractivity contribution in [3.63, 3.8) is 0 Å². The molecule has 0 aromatic carbocycles. The number of ether oxygens (including phenoxy) is 1. The van der Waals surface area contributed by atoms with Crippen molar-refractivity contribution in [2.45, 2.75) is 26.7 Å². The lowest BCUT2D eigenvalue weighted by Gasteiger charge is -2.11. The van der Waals surface area contributed by atoms with Gasteiger partial charge in [0, 0.05) is 17.5 Å². The molecule has 31 heavy (non-hydrogen) atoms. The first-order valence-corrected chi connectivity index (χ1v) is 10.5. The molecule has 1 N–H and O–H groups in total. The summed E-state index contributed by atoms with van der Waals surface area (Å²) in [6.45, 7) is 4.14. The minimum Gasteiger partial charge on any atom is -0.490 e. The number of pyridine rings is 2. The first-order chi connectivity index (χ1) is 15.1. The molecule has 1 amide bonds. The van der Waals surface area contributed by atoms with Crippen molar-refractivity contribution >= 4 is 34.2 Å². The second-order valence-corrected chi connectivity index (χ2v) is 8.12. The van der Waals surface area contributed by atoms with Gasteiger partial charge in [0.15, 0.2) is 11.6 Å². The van der Waals surface area contributed by atoms with Gasteiger partial charge in [0.05, 0.1) is 39.9 Å². The Bertz CT molecular complexity index is 1290. The number of nitrogens with zero attached hydrogens (tertiary/aromatic N) is 4. The van der Waals surface area contributed by atoms with Crippen LogP contribution in [0.25, 0.3) is 21.7 Å². The molecule has 0 aliphatic heterocycles. The number of aromatic nitrogens is 3. The summed E-state index contributed by atoms with van der Waals surface area (Å²) in [4.78, 5) is 24.1. The van der Waals surface area contributed by atoms with E-state index in [9.17, 15) is 4.79 Å². The third-order valence-corrected chi connectivity index (χ3v) is 5.57. The van der Waals surface area contributed by atoms with Crippen LogP contribution in [-0.2, 0) is 0 Å². The van der Waals surface area contributed by atoms with Crippen LogP contribution in [0.3, 0.4) is 0 Å². The number of nitrogens with one attached hydrogen (secondary N) is 1. The van der Waals surface area contributed by atoms with Crippen LogP contribution in [0.1, 0.15) is 33.8 Å². The van der Waals surface area contributed by atoms with Crippen LogP contribution >= 0.6 is 11.3 Å². The number of aryl methyl sites for hydroxylation is 2. The Morgan fingerprint density at radius 3 is 2.97 bits per heavy atom. The average molecular weight is 433 g/mol. The molecule has 0 unspecified atom stereocenters. The lowest BCUT2D eigenvalue weighted by Crippen LogP contribution is -2.15. The SMILES string of the molecule is Cc1ccc(-c2cc(C(=O)Nc3ncccc3OCCCC#N)c3c(C)noc3n2)s1. The Morgan fingerprint density at radius 2 is 2.19 bits per heavy atom. The van der Waals surface area contributed by atoms with Crippen LogP contribution in [-0.4, -0.2) is 27.6 Å². The van der Waals surface area contributed by atoms with Crippen LogP contribution in [0.5, 0.6) is 5.75 Å². The van der Waals surface area contributed by atoms with Gasteiger partial charge in [-0.3, -0.25) is 4.79 Å². The fourth-order valence-corrected chi connectivity index (χ4v) is 3.91. The lowest BCUT2D eigenvalue weighted by molar-refractivity contribution is 0.102. The first kappa shape index (κ1) is 20.5. The van der Waals surface area contributed by atoms with E-state index in [2.05, 4.69) is 26.5 Å². The van der Waals surface area contributed by atoms with Crippen LogP contribution in [0.4, 0.5) is 5.82 Å². The van der Waals surface area contributed by atoms with Gasteiger partial charge in [0.25, 0.3) is 11.6 Å². The van der Waals surface area contributed by atoms with E-state index in [0.29, 0.717) is 59.1 Å². The molecule has 8 nitrogen and oxygen atoms in total. The fourth-order valence-electron chi connectivity index (χ4n) is 3.08. The maximum Gasteiger partial charge on any atom is 0.259 e. The van der Waals surface area contributed by atoms with Gasteiger partial charge in [-0.15, -0.1) is 11.3 Å². The molecule has 0 fully saturated rings. The molecule has 9 heteroatoms. The van der Waals surface area contributed by atoms with Gasteiger partial charge in [0.2, 0.25) is 0 Å². The van der Waals surface area contributed by atoms with Crippen molar-refractivity contribution < 1.29 is 14.1 Å². The topological polar surface area (TPSA) is 114 Å². The zero-order chi connectivity index (χ0) is 21.8. The Kier molecular flexibility index (Phi) is 5.91. The van der Waals surface area contributed by atoms with Gasteiger partial charge >= 0.3 is 0 Å². The number of hydrogen-bond acceptors (Lipinski definition) is 8. The minimum atomic E-state index is -0.367. The molecule has 0 aliphatic rings.